The Morgan fingerprint density at radius 2 is 1.79 bits per heavy atom. The van der Waals surface area contributed by atoms with E-state index in [1.54, 1.807) is 0 Å². The van der Waals surface area contributed by atoms with E-state index in [2.05, 4.69) is 5.32 Å². The van der Waals surface area contributed by atoms with Gasteiger partial charge in [0, 0.05) is 26.2 Å². The number of pyridine rings is 1. The van der Waals surface area contributed by atoms with Gasteiger partial charge >= 0.3 is 0 Å². The van der Waals surface area contributed by atoms with Crippen LogP contribution in [0.4, 0.5) is 0 Å². The summed E-state index contributed by atoms with van der Waals surface area (Å²) in [6, 6.07) is 10.6. The molecule has 2 fully saturated rings. The maximum atomic E-state index is 13.1. The molecule has 9 nitrogen and oxygen atoms in total. The maximum absolute atomic E-state index is 13.1. The molecular weight excluding hydrogens is 458 g/mol. The molecule has 1 saturated carbocycles. The molecule has 2 aromatic rings. The van der Waals surface area contributed by atoms with Crippen LogP contribution in [0.3, 0.4) is 0 Å². The van der Waals surface area contributed by atoms with Crippen LogP contribution in [-0.4, -0.2) is 66.0 Å². The third-order valence-electron chi connectivity index (χ3n) is 7.03. The fraction of sp³-hybridized carbons (Fsp3) is 0.458. The molecule has 1 N–H and O–H groups in total. The molecule has 5 rings (SSSR count). The van der Waals surface area contributed by atoms with Gasteiger partial charge in [0.05, 0.1) is 18.0 Å². The largest absolute Gasteiger partial charge is 0.379 e. The molecule has 3 aliphatic rings. The first-order valence-corrected chi connectivity index (χ1v) is 12.9. The quantitative estimate of drug-likeness (QED) is 0.623. The Labute approximate surface area is 197 Å². The fourth-order valence-corrected chi connectivity index (χ4v) is 6.81. The van der Waals surface area contributed by atoms with Crippen molar-refractivity contribution in [2.24, 2.45) is 0 Å². The smallest absolute Gasteiger partial charge is 0.270 e. The number of rotatable bonds is 7. The topological polar surface area (TPSA) is 115 Å². The highest BCUT2D eigenvalue weighted by molar-refractivity contribution is 7.93. The summed E-state index contributed by atoms with van der Waals surface area (Å²) in [5, 5.41) is 2.26. The van der Waals surface area contributed by atoms with Crippen molar-refractivity contribution in [3.05, 3.63) is 69.1 Å². The van der Waals surface area contributed by atoms with E-state index in [-0.39, 0.29) is 56.6 Å². The molecule has 1 saturated heterocycles. The molecule has 1 aromatic carbocycles. The summed E-state index contributed by atoms with van der Waals surface area (Å²) in [6.45, 7) is 3.25. The number of hydrogen-bond donors (Lipinski definition) is 1. The second-order valence-electron chi connectivity index (χ2n) is 9.37. The van der Waals surface area contributed by atoms with Crippen LogP contribution in [0.25, 0.3) is 0 Å². The predicted octanol–water partition coefficient (Wildman–Crippen LogP) is 0.889. The van der Waals surface area contributed by atoms with Crippen molar-refractivity contribution in [3.8, 4) is 0 Å². The van der Waals surface area contributed by atoms with Gasteiger partial charge in [-0.3, -0.25) is 14.4 Å². The number of nitrogens with one attached hydrogen (secondary N) is 1. The SMILES string of the molecule is Cc1ccc(CNC(=O)c2ccc3n(c2=O)CCN(CC2(S(=O)(=O)C4COC4)CC2)C3=O)cc1. The van der Waals surface area contributed by atoms with E-state index >= 15 is 0 Å². The fourth-order valence-electron chi connectivity index (χ4n) is 4.55. The molecule has 34 heavy (non-hydrogen) atoms. The molecule has 0 radical (unpaired) electrons. The van der Waals surface area contributed by atoms with Crippen LogP contribution >= 0.6 is 0 Å². The molecule has 10 heteroatoms. The van der Waals surface area contributed by atoms with Crippen LogP contribution in [0.2, 0.25) is 0 Å². The summed E-state index contributed by atoms with van der Waals surface area (Å²) < 4.78 is 31.4. The molecule has 1 aliphatic carbocycles. The number of aromatic nitrogens is 1. The molecule has 3 heterocycles. The zero-order chi connectivity index (χ0) is 24.1. The Morgan fingerprint density at radius 1 is 1.09 bits per heavy atom. The lowest BCUT2D eigenvalue weighted by Gasteiger charge is -2.35. The Balaban J connectivity index is 1.30. The van der Waals surface area contributed by atoms with Gasteiger partial charge in [-0.25, -0.2) is 8.42 Å². The number of ether oxygens (including phenoxy) is 1. The van der Waals surface area contributed by atoms with Crippen LogP contribution < -0.4 is 10.9 Å². The minimum absolute atomic E-state index is 0.0247. The Kier molecular flexibility index (Phi) is 5.60. The normalized spacial score (nSPS) is 19.3. The lowest BCUT2D eigenvalue weighted by molar-refractivity contribution is 0.0407. The summed E-state index contributed by atoms with van der Waals surface area (Å²) in [6.07, 6.45) is 1.06. The molecule has 0 atom stereocenters. The first kappa shape index (κ1) is 22.8. The minimum Gasteiger partial charge on any atom is -0.379 e. The minimum atomic E-state index is -3.39. The average Bonchev–Trinajstić information content (AvgIpc) is 3.55. The molecule has 180 valence electrons. The van der Waals surface area contributed by atoms with Crippen LogP contribution in [0.1, 0.15) is 44.8 Å². The zero-order valence-corrected chi connectivity index (χ0v) is 19.8. The van der Waals surface area contributed by atoms with Crippen molar-refractivity contribution in [1.82, 2.24) is 14.8 Å². The molecule has 0 bridgehead atoms. The number of benzene rings is 1. The number of hydrogen-bond acceptors (Lipinski definition) is 6. The van der Waals surface area contributed by atoms with E-state index in [1.165, 1.54) is 21.6 Å². The van der Waals surface area contributed by atoms with Crippen LogP contribution in [0, 0.1) is 6.92 Å². The molecule has 0 unspecified atom stereocenters. The summed E-state index contributed by atoms with van der Waals surface area (Å²) in [5.74, 6) is -0.886. The van der Waals surface area contributed by atoms with Gasteiger partial charge in [-0.05, 0) is 37.5 Å². The van der Waals surface area contributed by atoms with Crippen molar-refractivity contribution < 1.29 is 22.7 Å². The highest BCUT2D eigenvalue weighted by Gasteiger charge is 2.59. The van der Waals surface area contributed by atoms with Gasteiger partial charge in [0.1, 0.15) is 16.5 Å². The maximum Gasteiger partial charge on any atom is 0.270 e. The third-order valence-corrected chi connectivity index (χ3v) is 9.92. The van der Waals surface area contributed by atoms with Crippen LogP contribution in [-0.2, 0) is 27.7 Å². The summed E-state index contributed by atoms with van der Waals surface area (Å²) in [5.41, 5.74) is 1.66. The number of amides is 2. The van der Waals surface area contributed by atoms with Crippen LogP contribution in [0.15, 0.2) is 41.2 Å². The summed E-state index contributed by atoms with van der Waals surface area (Å²) >= 11 is 0. The van der Waals surface area contributed by atoms with E-state index in [0.717, 1.165) is 11.1 Å². The van der Waals surface area contributed by atoms with Crippen molar-refractivity contribution in [2.75, 3.05) is 26.3 Å². The monoisotopic (exact) mass is 485 g/mol. The number of aryl methyl sites for hydroxylation is 1. The van der Waals surface area contributed by atoms with Gasteiger partial charge in [0.15, 0.2) is 9.84 Å². The molecule has 0 spiro atoms. The van der Waals surface area contributed by atoms with Gasteiger partial charge < -0.3 is 19.5 Å². The van der Waals surface area contributed by atoms with E-state index in [0.29, 0.717) is 12.8 Å². The number of fused-ring (bicyclic) bond motifs is 1. The van der Waals surface area contributed by atoms with E-state index in [4.69, 9.17) is 4.74 Å². The molecule has 2 amide bonds. The van der Waals surface area contributed by atoms with Crippen molar-refractivity contribution in [1.29, 1.82) is 0 Å². The number of carbonyl (C=O) groups excluding carboxylic acids is 2. The lowest BCUT2D eigenvalue weighted by atomic mass is 10.1. The highest BCUT2D eigenvalue weighted by Crippen LogP contribution is 2.47. The molecule has 2 aliphatic heterocycles. The van der Waals surface area contributed by atoms with E-state index in [9.17, 15) is 22.8 Å². The van der Waals surface area contributed by atoms with Crippen molar-refractivity contribution >= 4 is 21.7 Å². The number of nitrogens with zero attached hydrogens (tertiary/aromatic N) is 2. The first-order valence-electron chi connectivity index (χ1n) is 11.4. The van der Waals surface area contributed by atoms with Crippen molar-refractivity contribution in [3.63, 3.8) is 0 Å². The van der Waals surface area contributed by atoms with E-state index < -0.39 is 31.3 Å². The Hall–Kier alpha value is -2.98. The first-order chi connectivity index (χ1) is 16.2. The second-order valence-corrected chi connectivity index (χ2v) is 12.0. The van der Waals surface area contributed by atoms with Crippen molar-refractivity contribution in [2.45, 2.75) is 42.9 Å². The van der Waals surface area contributed by atoms with Gasteiger partial charge in [-0.2, -0.15) is 0 Å². The van der Waals surface area contributed by atoms with Crippen LogP contribution in [0.5, 0.6) is 0 Å². The Bertz CT molecular complexity index is 1310. The predicted molar refractivity (Wildman–Crippen MR) is 124 cm³/mol. The van der Waals surface area contributed by atoms with Gasteiger partial charge in [0.2, 0.25) is 0 Å². The summed E-state index contributed by atoms with van der Waals surface area (Å²) in [4.78, 5) is 40.3. The van der Waals surface area contributed by atoms with Gasteiger partial charge in [0.25, 0.3) is 17.4 Å². The number of carbonyl (C=O) groups is 2. The second kappa shape index (κ2) is 8.35. The lowest BCUT2D eigenvalue weighted by Crippen LogP contribution is -2.53. The van der Waals surface area contributed by atoms with E-state index in [1.807, 2.05) is 31.2 Å². The molecular formula is C24H27N3O6S. The zero-order valence-electron chi connectivity index (χ0n) is 19.0. The standard InChI is InChI=1S/C24H27N3O6S/c1-16-2-4-17(5-3-16)12-25-21(28)19-6-7-20-23(30)26(10-11-27(20)22(19)29)15-24(8-9-24)34(31,32)18-13-33-14-18/h2-7,18H,8-15H2,1H3,(H,25,28). The number of sulfone groups is 1. The molecule has 1 aromatic heterocycles. The Morgan fingerprint density at radius 3 is 2.41 bits per heavy atom. The highest BCUT2D eigenvalue weighted by atomic mass is 32.2. The average molecular weight is 486 g/mol. The summed E-state index contributed by atoms with van der Waals surface area (Å²) in [7, 11) is -3.39. The third kappa shape index (κ3) is 3.84. The van der Waals surface area contributed by atoms with Gasteiger partial charge in [-0.15, -0.1) is 0 Å². The van der Waals surface area contributed by atoms with Gasteiger partial charge in [-0.1, -0.05) is 29.8 Å².